The van der Waals surface area contributed by atoms with E-state index in [4.69, 9.17) is 0 Å². The van der Waals surface area contributed by atoms with Crippen molar-refractivity contribution in [3.05, 3.63) is 59.4 Å². The Bertz CT molecular complexity index is 1350. The number of Topliss-reactive ketones (excluding diaryl/α,β-unsaturated/α-hetero) is 1. The number of anilines is 1. The van der Waals surface area contributed by atoms with Gasteiger partial charge in [0, 0.05) is 31.9 Å². The van der Waals surface area contributed by atoms with Crippen LogP contribution in [0.25, 0.3) is 0 Å². The number of fused-ring (bicyclic) bond motifs is 1. The van der Waals surface area contributed by atoms with Gasteiger partial charge in [-0.05, 0) is 55.2 Å². The highest BCUT2D eigenvalue weighted by atomic mass is 32.2. The SMILES string of the molecule is CC(=O)NCCCC(=O)C[C@@H]1CCc2cc(C(O)(C(F)(F)F)C(F)(F)F)ccc2N1S(=O)(=O)c1ccc(F)cc1. The van der Waals surface area contributed by atoms with E-state index in [0.29, 0.717) is 12.1 Å². The monoisotopic (exact) mass is 598 g/mol. The third-order valence-corrected chi connectivity index (χ3v) is 8.35. The van der Waals surface area contributed by atoms with Crippen LogP contribution in [0.15, 0.2) is 47.4 Å². The van der Waals surface area contributed by atoms with Gasteiger partial charge in [-0.2, -0.15) is 26.3 Å². The summed E-state index contributed by atoms with van der Waals surface area (Å²) in [6.07, 6.45) is -12.7. The molecule has 1 aliphatic heterocycles. The van der Waals surface area contributed by atoms with Crippen molar-refractivity contribution in [1.29, 1.82) is 0 Å². The summed E-state index contributed by atoms with van der Waals surface area (Å²) in [4.78, 5) is 23.2. The molecule has 0 radical (unpaired) electrons. The van der Waals surface area contributed by atoms with Gasteiger partial charge in [0.25, 0.3) is 15.6 Å². The van der Waals surface area contributed by atoms with Gasteiger partial charge in [0.15, 0.2) is 0 Å². The number of sulfonamides is 1. The molecule has 3 rings (SSSR count). The lowest BCUT2D eigenvalue weighted by molar-refractivity contribution is -0.376. The summed E-state index contributed by atoms with van der Waals surface area (Å²) in [7, 11) is -4.58. The van der Waals surface area contributed by atoms with Crippen LogP contribution >= 0.6 is 0 Å². The number of aryl methyl sites for hydroxylation is 1. The Kier molecular flexibility index (Phi) is 8.89. The summed E-state index contributed by atoms with van der Waals surface area (Å²) in [5.74, 6) is -1.46. The number of amides is 1. The number of alkyl halides is 6. The maximum absolute atomic E-state index is 13.6. The molecule has 0 aromatic heterocycles. The Hall–Kier alpha value is -3.20. The van der Waals surface area contributed by atoms with Crippen LogP contribution in [0.1, 0.15) is 43.7 Å². The summed E-state index contributed by atoms with van der Waals surface area (Å²) >= 11 is 0. The van der Waals surface area contributed by atoms with E-state index in [0.717, 1.165) is 34.6 Å². The summed E-state index contributed by atoms with van der Waals surface area (Å²) in [5, 5.41) is 12.3. The molecule has 1 aliphatic rings. The standard InChI is InChI=1S/C25H25F7N2O5S/c1-15(35)33-12-2-3-20(36)14-19-8-4-16-13-17(23(37,24(27,28)29)25(30,31)32)5-11-22(16)34(19)40(38,39)21-9-6-18(26)7-10-21/h5-7,9-11,13,19,37H,2-4,8,12,14H2,1H3,(H,33,35)/t19-/m0/s1. The van der Waals surface area contributed by atoms with Crippen LogP contribution in [0.4, 0.5) is 36.4 Å². The molecule has 0 unspecified atom stereocenters. The highest BCUT2D eigenvalue weighted by Crippen LogP contribution is 2.51. The van der Waals surface area contributed by atoms with Crippen LogP contribution in [-0.2, 0) is 31.6 Å². The number of halogens is 7. The Morgan fingerprint density at radius 3 is 2.17 bits per heavy atom. The zero-order chi connectivity index (χ0) is 30.1. The van der Waals surface area contributed by atoms with Crippen LogP contribution in [-0.4, -0.2) is 50.2 Å². The van der Waals surface area contributed by atoms with Gasteiger partial charge in [0.1, 0.15) is 11.6 Å². The van der Waals surface area contributed by atoms with Crippen LogP contribution in [0.3, 0.4) is 0 Å². The number of carbonyl (C=O) groups excluding carboxylic acids is 2. The first-order valence-electron chi connectivity index (χ1n) is 11.9. The van der Waals surface area contributed by atoms with Crippen molar-refractivity contribution in [2.45, 2.75) is 67.9 Å². The number of aliphatic hydroxyl groups is 1. The molecule has 2 aromatic carbocycles. The first-order chi connectivity index (χ1) is 18.4. The topological polar surface area (TPSA) is 104 Å². The quantitative estimate of drug-likeness (QED) is 0.326. The molecule has 0 spiro atoms. The number of hydrogen-bond acceptors (Lipinski definition) is 5. The largest absolute Gasteiger partial charge is 0.430 e. The number of nitrogens with zero attached hydrogens (tertiary/aromatic N) is 1. The second kappa shape index (κ2) is 11.4. The highest BCUT2D eigenvalue weighted by molar-refractivity contribution is 7.92. The van der Waals surface area contributed by atoms with E-state index < -0.39 is 56.1 Å². The van der Waals surface area contributed by atoms with E-state index in [1.54, 1.807) is 0 Å². The molecule has 7 nitrogen and oxygen atoms in total. The van der Waals surface area contributed by atoms with E-state index in [-0.39, 0.29) is 55.8 Å². The smallest absolute Gasteiger partial charge is 0.369 e. The minimum absolute atomic E-state index is 0.0305. The number of nitrogens with one attached hydrogen (secondary N) is 1. The zero-order valence-corrected chi connectivity index (χ0v) is 21.8. The predicted octanol–water partition coefficient (Wildman–Crippen LogP) is 4.52. The fourth-order valence-electron chi connectivity index (χ4n) is 4.50. The number of benzene rings is 2. The first kappa shape index (κ1) is 31.3. The molecule has 0 saturated carbocycles. The van der Waals surface area contributed by atoms with Crippen molar-refractivity contribution < 1.29 is 53.8 Å². The second-order valence-electron chi connectivity index (χ2n) is 9.33. The average Bonchev–Trinajstić information content (AvgIpc) is 2.84. The molecule has 2 aromatic rings. The summed E-state index contributed by atoms with van der Waals surface area (Å²) < 4.78 is 122. The Labute approximate surface area is 225 Å². The molecule has 15 heteroatoms. The van der Waals surface area contributed by atoms with Gasteiger partial charge < -0.3 is 10.4 Å². The summed E-state index contributed by atoms with van der Waals surface area (Å²) in [5.41, 5.74) is -7.26. The van der Waals surface area contributed by atoms with Crippen LogP contribution in [0, 0.1) is 5.82 Å². The lowest BCUT2D eigenvalue weighted by atomic mass is 9.87. The van der Waals surface area contributed by atoms with E-state index in [2.05, 4.69) is 5.32 Å². The molecule has 0 saturated heterocycles. The van der Waals surface area contributed by atoms with E-state index >= 15 is 0 Å². The van der Waals surface area contributed by atoms with Gasteiger partial charge in [-0.3, -0.25) is 13.9 Å². The third kappa shape index (κ3) is 6.24. The van der Waals surface area contributed by atoms with Gasteiger partial charge in [-0.15, -0.1) is 0 Å². The number of ketones is 1. The lowest BCUT2D eigenvalue weighted by Gasteiger charge is -2.39. The molecule has 0 fully saturated rings. The van der Waals surface area contributed by atoms with E-state index in [9.17, 15) is 53.8 Å². The van der Waals surface area contributed by atoms with Crippen molar-refractivity contribution in [2.75, 3.05) is 10.8 Å². The van der Waals surface area contributed by atoms with E-state index in [1.165, 1.54) is 6.92 Å². The maximum atomic E-state index is 13.6. The fraction of sp³-hybridized carbons (Fsp3) is 0.440. The van der Waals surface area contributed by atoms with Crippen LogP contribution < -0.4 is 9.62 Å². The molecule has 1 heterocycles. The van der Waals surface area contributed by atoms with Crippen molar-refractivity contribution in [2.24, 2.45) is 0 Å². The molecule has 220 valence electrons. The Morgan fingerprint density at radius 2 is 1.62 bits per heavy atom. The summed E-state index contributed by atoms with van der Waals surface area (Å²) in [6.45, 7) is 1.48. The van der Waals surface area contributed by atoms with Crippen LogP contribution in [0.2, 0.25) is 0 Å². The molecule has 2 N–H and O–H groups in total. The molecule has 40 heavy (non-hydrogen) atoms. The normalized spacial score (nSPS) is 16.4. The molecule has 1 amide bonds. The molecular weight excluding hydrogens is 573 g/mol. The van der Waals surface area contributed by atoms with Crippen molar-refractivity contribution >= 4 is 27.4 Å². The van der Waals surface area contributed by atoms with Gasteiger partial charge in [0.05, 0.1) is 16.6 Å². The Balaban J connectivity index is 2.05. The van der Waals surface area contributed by atoms with Crippen molar-refractivity contribution in [3.63, 3.8) is 0 Å². The Morgan fingerprint density at radius 1 is 1.02 bits per heavy atom. The minimum atomic E-state index is -6.14. The molecule has 0 bridgehead atoms. The average molecular weight is 599 g/mol. The van der Waals surface area contributed by atoms with Gasteiger partial charge in [-0.25, -0.2) is 12.8 Å². The lowest BCUT2D eigenvalue weighted by Crippen LogP contribution is -2.54. The number of hydrogen-bond donors (Lipinski definition) is 2. The predicted molar refractivity (Wildman–Crippen MR) is 128 cm³/mol. The van der Waals surface area contributed by atoms with Crippen LogP contribution in [0.5, 0.6) is 0 Å². The number of carbonyl (C=O) groups is 2. The fourth-order valence-corrected chi connectivity index (χ4v) is 6.21. The van der Waals surface area contributed by atoms with Gasteiger partial charge in [0.2, 0.25) is 5.91 Å². The van der Waals surface area contributed by atoms with Gasteiger partial charge >= 0.3 is 12.4 Å². The third-order valence-electron chi connectivity index (χ3n) is 6.47. The second-order valence-corrected chi connectivity index (χ2v) is 11.1. The minimum Gasteiger partial charge on any atom is -0.369 e. The van der Waals surface area contributed by atoms with Crippen molar-refractivity contribution in [1.82, 2.24) is 5.32 Å². The van der Waals surface area contributed by atoms with Gasteiger partial charge in [-0.1, -0.05) is 12.1 Å². The highest BCUT2D eigenvalue weighted by Gasteiger charge is 2.71. The number of rotatable bonds is 9. The molecule has 1 atom stereocenters. The first-order valence-corrected chi connectivity index (χ1v) is 13.4. The summed E-state index contributed by atoms with van der Waals surface area (Å²) in [6, 6.07) is 4.04. The zero-order valence-electron chi connectivity index (χ0n) is 20.9. The van der Waals surface area contributed by atoms with Crippen molar-refractivity contribution in [3.8, 4) is 0 Å². The maximum Gasteiger partial charge on any atom is 0.430 e. The molecular formula is C25H25F7N2O5S. The molecule has 0 aliphatic carbocycles. The van der Waals surface area contributed by atoms with E-state index in [1.807, 2.05) is 0 Å².